The first-order valence-electron chi connectivity index (χ1n) is 9.37. The van der Waals surface area contributed by atoms with Crippen molar-refractivity contribution in [3.05, 3.63) is 65.0 Å². The van der Waals surface area contributed by atoms with Crippen LogP contribution in [0.1, 0.15) is 41.9 Å². The Hall–Kier alpha value is -2.88. The Morgan fingerprint density at radius 3 is 2.73 bits per heavy atom. The van der Waals surface area contributed by atoms with Gasteiger partial charge in [0, 0.05) is 29.8 Å². The number of nitrogens with zero attached hydrogens (tertiary/aromatic N) is 3. The van der Waals surface area contributed by atoms with Gasteiger partial charge in [0.05, 0.1) is 18.4 Å². The lowest BCUT2D eigenvalue weighted by atomic mass is 10.0. The first-order chi connectivity index (χ1) is 14.2. The number of anilines is 1. The molecule has 0 saturated carbocycles. The smallest absolute Gasteiger partial charge is 0.271 e. The van der Waals surface area contributed by atoms with E-state index in [1.54, 1.807) is 13.0 Å². The molecule has 2 aromatic rings. The van der Waals surface area contributed by atoms with E-state index in [0.29, 0.717) is 18.8 Å². The number of halogens is 2. The van der Waals surface area contributed by atoms with Gasteiger partial charge in [0.15, 0.2) is 21.5 Å². The number of aromatic nitrogens is 2. The van der Waals surface area contributed by atoms with Gasteiger partial charge in [0.1, 0.15) is 11.5 Å². The minimum atomic E-state index is -3.28. The van der Waals surface area contributed by atoms with E-state index in [0.717, 1.165) is 24.2 Å². The molecule has 0 radical (unpaired) electrons. The molecule has 2 atom stereocenters. The zero-order valence-electron chi connectivity index (χ0n) is 16.5. The van der Waals surface area contributed by atoms with Gasteiger partial charge in [-0.2, -0.15) is 0 Å². The molecule has 1 saturated heterocycles. The Morgan fingerprint density at radius 1 is 1.30 bits per heavy atom. The van der Waals surface area contributed by atoms with E-state index in [1.165, 1.54) is 24.5 Å². The topological polar surface area (TPSA) is 92.3 Å². The second-order valence-corrected chi connectivity index (χ2v) is 9.11. The summed E-state index contributed by atoms with van der Waals surface area (Å²) in [5.41, 5.74) is 0.327. The molecule has 1 fully saturated rings. The quantitative estimate of drug-likeness (QED) is 0.749. The first kappa shape index (κ1) is 21.8. The third kappa shape index (κ3) is 5.18. The van der Waals surface area contributed by atoms with Gasteiger partial charge >= 0.3 is 0 Å². The van der Waals surface area contributed by atoms with E-state index in [-0.39, 0.29) is 17.3 Å². The molecule has 160 valence electrons. The van der Waals surface area contributed by atoms with Crippen molar-refractivity contribution >= 4 is 21.6 Å². The second kappa shape index (κ2) is 8.86. The number of hydrogen-bond acceptors (Lipinski definition) is 6. The van der Waals surface area contributed by atoms with Gasteiger partial charge in [-0.1, -0.05) is 18.2 Å². The average Bonchev–Trinajstić information content (AvgIpc) is 3.17. The Kier molecular flexibility index (Phi) is 6.45. The van der Waals surface area contributed by atoms with Crippen LogP contribution >= 0.6 is 0 Å². The fourth-order valence-corrected chi connectivity index (χ4v) is 3.84. The lowest BCUT2D eigenvalue weighted by Gasteiger charge is -2.26. The number of carbonyl (C=O) groups excluding carboxylic acids is 1. The Labute approximate surface area is 173 Å². The Bertz CT molecular complexity index is 1060. The molecule has 0 unspecified atom stereocenters. The van der Waals surface area contributed by atoms with Crippen molar-refractivity contribution in [3.8, 4) is 0 Å². The predicted molar refractivity (Wildman–Crippen MR) is 109 cm³/mol. The maximum Gasteiger partial charge on any atom is 0.271 e. The van der Waals surface area contributed by atoms with Crippen molar-refractivity contribution in [1.29, 1.82) is 0 Å². The van der Waals surface area contributed by atoms with E-state index in [2.05, 4.69) is 15.3 Å². The standard InChI is InChI=1S/C20H22F2N4O3S/c1-13(8-10-30(2,28)29)25-20(27)16-11-24-18(12-23-16)26-9-4-7-17(26)14-5-3-6-15(21)19(14)22/h3,5-6,8,10-13,17H,4,7,9H2,1-2H3,(H,25,27)/b10-8+/t13-,17+/m1/s1. The molecule has 0 aliphatic carbocycles. The van der Waals surface area contributed by atoms with E-state index in [9.17, 15) is 22.0 Å². The number of nitrogens with one attached hydrogen (secondary N) is 1. The van der Waals surface area contributed by atoms with Crippen LogP contribution < -0.4 is 10.2 Å². The van der Waals surface area contributed by atoms with Gasteiger partial charge in [-0.15, -0.1) is 0 Å². The molecule has 1 aromatic heterocycles. The monoisotopic (exact) mass is 436 g/mol. The molecule has 0 spiro atoms. The van der Waals surface area contributed by atoms with Crippen LogP contribution in [0, 0.1) is 11.6 Å². The van der Waals surface area contributed by atoms with Crippen molar-refractivity contribution in [2.24, 2.45) is 0 Å². The normalized spacial score (nSPS) is 18.0. The van der Waals surface area contributed by atoms with Crippen LogP contribution in [0.15, 0.2) is 42.1 Å². The highest BCUT2D eigenvalue weighted by Crippen LogP contribution is 2.36. The van der Waals surface area contributed by atoms with Gasteiger partial charge in [0.25, 0.3) is 5.91 Å². The summed E-state index contributed by atoms with van der Waals surface area (Å²) < 4.78 is 50.2. The molecular weight excluding hydrogens is 414 g/mol. The summed E-state index contributed by atoms with van der Waals surface area (Å²) in [5, 5.41) is 3.63. The third-order valence-corrected chi connectivity index (χ3v) is 5.38. The van der Waals surface area contributed by atoms with Crippen LogP contribution in [0.5, 0.6) is 0 Å². The van der Waals surface area contributed by atoms with Crippen LogP contribution in [0.4, 0.5) is 14.6 Å². The highest BCUT2D eigenvalue weighted by Gasteiger charge is 2.30. The summed E-state index contributed by atoms with van der Waals surface area (Å²) in [6.45, 7) is 2.23. The summed E-state index contributed by atoms with van der Waals surface area (Å²) in [7, 11) is -3.28. The summed E-state index contributed by atoms with van der Waals surface area (Å²) in [6, 6.07) is 3.23. The van der Waals surface area contributed by atoms with Crippen LogP contribution in [-0.2, 0) is 9.84 Å². The number of benzene rings is 1. The SMILES string of the molecule is C[C@H](/C=C/S(C)(=O)=O)NC(=O)c1cnc(N2CCC[C@H]2c2cccc(F)c2F)cn1. The zero-order valence-corrected chi connectivity index (χ0v) is 17.4. The van der Waals surface area contributed by atoms with Crippen molar-refractivity contribution in [2.75, 3.05) is 17.7 Å². The number of amides is 1. The maximum absolute atomic E-state index is 14.2. The van der Waals surface area contributed by atoms with Crippen LogP contribution in [0.2, 0.25) is 0 Å². The lowest BCUT2D eigenvalue weighted by Crippen LogP contribution is -2.32. The van der Waals surface area contributed by atoms with E-state index < -0.39 is 33.4 Å². The third-order valence-electron chi connectivity index (χ3n) is 4.73. The molecule has 1 N–H and O–H groups in total. The minimum Gasteiger partial charge on any atom is -0.348 e. The van der Waals surface area contributed by atoms with Gasteiger partial charge in [0.2, 0.25) is 0 Å². The van der Waals surface area contributed by atoms with Gasteiger partial charge in [-0.05, 0) is 25.8 Å². The Morgan fingerprint density at radius 2 is 2.07 bits per heavy atom. The van der Waals surface area contributed by atoms with Crippen molar-refractivity contribution in [1.82, 2.24) is 15.3 Å². The first-order valence-corrected chi connectivity index (χ1v) is 11.3. The molecule has 1 aromatic carbocycles. The van der Waals surface area contributed by atoms with Crippen molar-refractivity contribution < 1.29 is 22.0 Å². The Balaban J connectivity index is 1.72. The van der Waals surface area contributed by atoms with E-state index in [4.69, 9.17) is 0 Å². The molecule has 0 bridgehead atoms. The number of rotatable bonds is 6. The van der Waals surface area contributed by atoms with Crippen LogP contribution in [-0.4, -0.2) is 43.1 Å². The summed E-state index contributed by atoms with van der Waals surface area (Å²) in [6.07, 6.45) is 6.57. The van der Waals surface area contributed by atoms with Gasteiger partial charge < -0.3 is 10.2 Å². The average molecular weight is 436 g/mol. The van der Waals surface area contributed by atoms with Crippen LogP contribution in [0.25, 0.3) is 0 Å². The summed E-state index contributed by atoms with van der Waals surface area (Å²) in [4.78, 5) is 22.5. The van der Waals surface area contributed by atoms with Gasteiger partial charge in [-0.3, -0.25) is 4.79 Å². The highest BCUT2D eigenvalue weighted by atomic mass is 32.2. The van der Waals surface area contributed by atoms with Gasteiger partial charge in [-0.25, -0.2) is 27.2 Å². The van der Waals surface area contributed by atoms with E-state index in [1.807, 2.05) is 4.90 Å². The van der Waals surface area contributed by atoms with E-state index >= 15 is 0 Å². The molecule has 1 amide bonds. The molecule has 10 heteroatoms. The summed E-state index contributed by atoms with van der Waals surface area (Å²) in [5.74, 6) is -1.80. The lowest BCUT2D eigenvalue weighted by molar-refractivity contribution is 0.0941. The zero-order chi connectivity index (χ0) is 21.9. The fraction of sp³-hybridized carbons (Fsp3) is 0.350. The maximum atomic E-state index is 14.2. The van der Waals surface area contributed by atoms with Crippen molar-refractivity contribution in [2.45, 2.75) is 31.8 Å². The molecule has 7 nitrogen and oxygen atoms in total. The minimum absolute atomic E-state index is 0.0611. The van der Waals surface area contributed by atoms with Crippen molar-refractivity contribution in [3.63, 3.8) is 0 Å². The molecule has 1 aliphatic heterocycles. The fourth-order valence-electron chi connectivity index (χ4n) is 3.32. The number of hydrogen-bond donors (Lipinski definition) is 1. The number of sulfone groups is 1. The largest absolute Gasteiger partial charge is 0.348 e. The number of carbonyl (C=O) groups is 1. The van der Waals surface area contributed by atoms with Crippen LogP contribution in [0.3, 0.4) is 0 Å². The predicted octanol–water partition coefficient (Wildman–Crippen LogP) is 2.77. The molecule has 3 rings (SSSR count). The second-order valence-electron chi connectivity index (χ2n) is 7.17. The molecule has 2 heterocycles. The molecular formula is C20H22F2N4O3S. The molecule has 1 aliphatic rings. The highest BCUT2D eigenvalue weighted by molar-refractivity contribution is 7.93. The summed E-state index contributed by atoms with van der Waals surface area (Å²) >= 11 is 0. The molecule has 30 heavy (non-hydrogen) atoms.